The smallest absolute Gasteiger partial charge is 0.435 e. The fourth-order valence-corrected chi connectivity index (χ4v) is 3.76. The Labute approximate surface area is 153 Å². The molecule has 142 valence electrons. The van der Waals surface area contributed by atoms with Crippen molar-refractivity contribution < 1.29 is 31.9 Å². The molecular formula is C16H14BrF5N2O2. The van der Waals surface area contributed by atoms with Crippen LogP contribution in [-0.2, 0) is 12.6 Å². The van der Waals surface area contributed by atoms with E-state index in [4.69, 9.17) is 5.11 Å². The molecule has 2 aromatic rings. The third-order valence-corrected chi connectivity index (χ3v) is 5.26. The summed E-state index contributed by atoms with van der Waals surface area (Å²) in [6.07, 6.45) is -3.97. The molecule has 1 saturated carbocycles. The summed E-state index contributed by atoms with van der Waals surface area (Å²) in [4.78, 5) is 14.7. The van der Waals surface area contributed by atoms with E-state index in [0.717, 1.165) is 6.07 Å². The van der Waals surface area contributed by atoms with Crippen LogP contribution in [0.15, 0.2) is 16.7 Å². The Balaban J connectivity index is 2.04. The van der Waals surface area contributed by atoms with E-state index < -0.39 is 23.8 Å². The van der Waals surface area contributed by atoms with Crippen LogP contribution in [0.1, 0.15) is 47.4 Å². The number of hydrogen-bond acceptors (Lipinski definition) is 2. The van der Waals surface area contributed by atoms with Gasteiger partial charge in [-0.15, -0.1) is 0 Å². The van der Waals surface area contributed by atoms with Crippen LogP contribution in [0.25, 0.3) is 5.65 Å². The highest BCUT2D eigenvalue weighted by Gasteiger charge is 2.40. The average Bonchev–Trinajstić information content (AvgIpc) is 2.86. The van der Waals surface area contributed by atoms with Gasteiger partial charge in [0.2, 0.25) is 5.92 Å². The Kier molecular flexibility index (Phi) is 4.74. The topological polar surface area (TPSA) is 54.6 Å². The van der Waals surface area contributed by atoms with E-state index in [1.807, 2.05) is 0 Å². The number of pyridine rings is 1. The van der Waals surface area contributed by atoms with Crippen LogP contribution < -0.4 is 0 Å². The average molecular weight is 441 g/mol. The van der Waals surface area contributed by atoms with Crippen LogP contribution in [-0.4, -0.2) is 26.4 Å². The molecule has 4 nitrogen and oxygen atoms in total. The van der Waals surface area contributed by atoms with E-state index in [2.05, 4.69) is 20.9 Å². The molecule has 0 atom stereocenters. The van der Waals surface area contributed by atoms with Gasteiger partial charge in [0.1, 0.15) is 5.65 Å². The van der Waals surface area contributed by atoms with Gasteiger partial charge in [-0.3, -0.25) is 0 Å². The lowest BCUT2D eigenvalue weighted by Gasteiger charge is -2.28. The van der Waals surface area contributed by atoms with Crippen molar-refractivity contribution in [1.29, 1.82) is 0 Å². The van der Waals surface area contributed by atoms with Crippen molar-refractivity contribution in [2.24, 2.45) is 5.92 Å². The molecule has 0 spiro atoms. The van der Waals surface area contributed by atoms with Crippen LogP contribution in [0.2, 0.25) is 0 Å². The number of rotatable bonds is 3. The molecule has 26 heavy (non-hydrogen) atoms. The van der Waals surface area contributed by atoms with Crippen LogP contribution in [0.4, 0.5) is 22.0 Å². The number of hydrogen-bond donors (Lipinski definition) is 1. The molecule has 0 aliphatic heterocycles. The molecule has 0 unspecified atom stereocenters. The lowest BCUT2D eigenvalue weighted by molar-refractivity contribution is -0.141. The number of carbonyl (C=O) groups is 1. The zero-order chi connectivity index (χ0) is 19.3. The molecule has 2 aromatic heterocycles. The van der Waals surface area contributed by atoms with Crippen molar-refractivity contribution in [3.63, 3.8) is 0 Å². The van der Waals surface area contributed by atoms with E-state index in [1.165, 1.54) is 10.6 Å². The Bertz CT molecular complexity index is 852. The summed E-state index contributed by atoms with van der Waals surface area (Å²) in [5.41, 5.74) is -1.60. The van der Waals surface area contributed by atoms with Gasteiger partial charge < -0.3 is 9.51 Å². The molecule has 1 fully saturated rings. The molecule has 10 heteroatoms. The van der Waals surface area contributed by atoms with Crippen molar-refractivity contribution in [2.45, 2.75) is 44.2 Å². The maximum absolute atomic E-state index is 13.4. The Morgan fingerprint density at radius 3 is 2.50 bits per heavy atom. The number of aromatic carboxylic acids is 1. The van der Waals surface area contributed by atoms with Gasteiger partial charge in [0, 0.05) is 23.5 Å². The third kappa shape index (κ3) is 3.70. The number of fused-ring (bicyclic) bond motifs is 1. The fraction of sp³-hybridized carbons (Fsp3) is 0.500. The van der Waals surface area contributed by atoms with Crippen molar-refractivity contribution in [2.75, 3.05) is 0 Å². The van der Waals surface area contributed by atoms with E-state index in [1.54, 1.807) is 0 Å². The van der Waals surface area contributed by atoms with Crippen LogP contribution in [0, 0.1) is 5.92 Å². The van der Waals surface area contributed by atoms with Gasteiger partial charge in [0.05, 0.1) is 11.3 Å². The largest absolute Gasteiger partial charge is 0.478 e. The van der Waals surface area contributed by atoms with Crippen molar-refractivity contribution >= 4 is 27.5 Å². The second-order valence-electron chi connectivity index (χ2n) is 6.48. The first-order chi connectivity index (χ1) is 12.0. The Morgan fingerprint density at radius 2 is 1.96 bits per heavy atom. The van der Waals surface area contributed by atoms with Crippen LogP contribution >= 0.6 is 15.9 Å². The molecule has 1 aliphatic rings. The van der Waals surface area contributed by atoms with Gasteiger partial charge in [-0.1, -0.05) is 0 Å². The molecule has 0 bridgehead atoms. The molecular weight excluding hydrogens is 427 g/mol. The van der Waals surface area contributed by atoms with E-state index >= 15 is 0 Å². The van der Waals surface area contributed by atoms with Crippen molar-refractivity contribution in [1.82, 2.24) is 9.38 Å². The predicted molar refractivity (Wildman–Crippen MR) is 85.5 cm³/mol. The van der Waals surface area contributed by atoms with E-state index in [-0.39, 0.29) is 59.4 Å². The predicted octanol–water partition coefficient (Wildman–Crippen LogP) is 5.18. The highest BCUT2D eigenvalue weighted by atomic mass is 79.9. The molecule has 0 saturated heterocycles. The molecule has 0 aromatic carbocycles. The minimum atomic E-state index is -4.73. The van der Waals surface area contributed by atoms with Crippen LogP contribution in [0.5, 0.6) is 0 Å². The van der Waals surface area contributed by atoms with Crippen molar-refractivity contribution in [3.8, 4) is 0 Å². The van der Waals surface area contributed by atoms with E-state index in [0.29, 0.717) is 0 Å². The number of aromatic nitrogens is 2. The molecule has 0 amide bonds. The normalized spacial score (nSPS) is 18.4. The van der Waals surface area contributed by atoms with Gasteiger partial charge in [-0.25, -0.2) is 18.6 Å². The summed E-state index contributed by atoms with van der Waals surface area (Å²) in [6, 6.07) is 1.06. The molecule has 0 radical (unpaired) electrons. The fourth-order valence-electron chi connectivity index (χ4n) is 3.28. The minimum absolute atomic E-state index is 0.0506. The van der Waals surface area contributed by atoms with E-state index in [9.17, 15) is 26.7 Å². The summed E-state index contributed by atoms with van der Waals surface area (Å²) >= 11 is 3.04. The first-order valence-electron chi connectivity index (χ1n) is 7.87. The van der Waals surface area contributed by atoms with Gasteiger partial charge in [-0.2, -0.15) is 13.2 Å². The lowest BCUT2D eigenvalue weighted by Crippen LogP contribution is -2.26. The Morgan fingerprint density at radius 1 is 1.35 bits per heavy atom. The second-order valence-corrected chi connectivity index (χ2v) is 7.33. The van der Waals surface area contributed by atoms with Gasteiger partial charge >= 0.3 is 12.1 Å². The summed E-state index contributed by atoms with van der Waals surface area (Å²) < 4.78 is 68.1. The van der Waals surface area contributed by atoms with Gasteiger partial charge in [-0.05, 0) is 47.2 Å². The molecule has 2 heterocycles. The zero-order valence-electron chi connectivity index (χ0n) is 13.3. The number of carboxylic acids is 1. The maximum atomic E-state index is 13.4. The summed E-state index contributed by atoms with van der Waals surface area (Å²) in [6.45, 7) is 0. The van der Waals surface area contributed by atoms with Gasteiger partial charge in [0.25, 0.3) is 0 Å². The zero-order valence-corrected chi connectivity index (χ0v) is 14.9. The number of imidazole rings is 1. The third-order valence-electron chi connectivity index (χ3n) is 4.63. The molecule has 3 rings (SSSR count). The summed E-state index contributed by atoms with van der Waals surface area (Å²) in [5.74, 6) is -4.37. The highest BCUT2D eigenvalue weighted by molar-refractivity contribution is 9.10. The van der Waals surface area contributed by atoms with Gasteiger partial charge in [0.15, 0.2) is 5.69 Å². The quantitative estimate of drug-likeness (QED) is 0.668. The lowest BCUT2D eigenvalue weighted by atomic mass is 9.83. The second kappa shape index (κ2) is 6.47. The highest BCUT2D eigenvalue weighted by Crippen LogP contribution is 2.40. The number of nitrogens with zero attached hydrogens (tertiary/aromatic N) is 2. The minimum Gasteiger partial charge on any atom is -0.478 e. The van der Waals surface area contributed by atoms with Crippen molar-refractivity contribution in [3.05, 3.63) is 33.7 Å². The first-order valence-corrected chi connectivity index (χ1v) is 8.66. The van der Waals surface area contributed by atoms with Crippen LogP contribution in [0.3, 0.4) is 0 Å². The number of carboxylic acid groups (broad SMARTS) is 1. The SMILES string of the molecule is O=C(O)c1cc2nc(C(F)(F)F)c(CC3CCC(F)(F)CC3)n2cc1Br. The Hall–Kier alpha value is -1.71. The molecule has 1 N–H and O–H groups in total. The number of alkyl halides is 5. The summed E-state index contributed by atoms with van der Waals surface area (Å²) in [5, 5.41) is 9.11. The first kappa shape index (κ1) is 19.1. The summed E-state index contributed by atoms with van der Waals surface area (Å²) in [7, 11) is 0. The molecule has 1 aliphatic carbocycles. The maximum Gasteiger partial charge on any atom is 0.435 e. The number of halogens is 6. The monoisotopic (exact) mass is 440 g/mol. The standard InChI is InChI=1S/C16H14BrF5N2O2/c17-10-7-24-11(5-8-1-3-15(18,19)4-2-8)13(16(20,21)22)23-12(24)6-9(10)14(25)26/h6-8H,1-5H2,(H,25,26).